The maximum atomic E-state index is 11.0. The molecule has 3 aromatic rings. The van der Waals surface area contributed by atoms with Gasteiger partial charge in [-0.05, 0) is 35.2 Å². The van der Waals surface area contributed by atoms with Gasteiger partial charge in [0, 0.05) is 23.9 Å². The van der Waals surface area contributed by atoms with Gasteiger partial charge in [0.15, 0.2) is 0 Å². The molecule has 1 heterocycles. The molecule has 0 spiro atoms. The molecule has 2 nitrogen and oxygen atoms in total. The van der Waals surface area contributed by atoms with E-state index in [0.717, 1.165) is 23.8 Å². The molecule has 1 unspecified atom stereocenters. The van der Waals surface area contributed by atoms with Crippen molar-refractivity contribution in [3.8, 4) is 0 Å². The summed E-state index contributed by atoms with van der Waals surface area (Å²) in [6, 6.07) is 22.3. The molecule has 22 heavy (non-hydrogen) atoms. The standard InChI is InChI=1S/C20H17NO/c22-15-17-7-4-6-16(12-17)13-20(18-8-2-1-3-9-18)19-10-5-11-21-14-19/h1-12,14-15,20H,13H2. The van der Waals surface area contributed by atoms with Crippen molar-refractivity contribution in [3.63, 3.8) is 0 Å². The number of carbonyl (C=O) groups is 1. The van der Waals surface area contributed by atoms with Gasteiger partial charge in [-0.2, -0.15) is 0 Å². The highest BCUT2D eigenvalue weighted by Gasteiger charge is 2.15. The van der Waals surface area contributed by atoms with Crippen LogP contribution in [0.25, 0.3) is 0 Å². The highest BCUT2D eigenvalue weighted by atomic mass is 16.1. The summed E-state index contributed by atoms with van der Waals surface area (Å²) < 4.78 is 0. The van der Waals surface area contributed by atoms with E-state index in [-0.39, 0.29) is 5.92 Å². The van der Waals surface area contributed by atoms with Gasteiger partial charge in [0.2, 0.25) is 0 Å². The Morgan fingerprint density at radius 1 is 0.909 bits per heavy atom. The zero-order chi connectivity index (χ0) is 15.2. The average molecular weight is 287 g/mol. The second-order valence-electron chi connectivity index (χ2n) is 5.32. The van der Waals surface area contributed by atoms with Crippen LogP contribution in [0.5, 0.6) is 0 Å². The quantitative estimate of drug-likeness (QED) is 0.656. The molecule has 2 heteroatoms. The number of hydrogen-bond donors (Lipinski definition) is 0. The summed E-state index contributed by atoms with van der Waals surface area (Å²) in [7, 11) is 0. The number of aromatic nitrogens is 1. The van der Waals surface area contributed by atoms with Crippen molar-refractivity contribution in [2.45, 2.75) is 12.3 Å². The van der Waals surface area contributed by atoms with Crippen LogP contribution in [0.4, 0.5) is 0 Å². The van der Waals surface area contributed by atoms with Crippen LogP contribution in [0.2, 0.25) is 0 Å². The zero-order valence-corrected chi connectivity index (χ0v) is 12.2. The molecule has 0 aliphatic carbocycles. The van der Waals surface area contributed by atoms with E-state index in [2.05, 4.69) is 41.4 Å². The minimum Gasteiger partial charge on any atom is -0.298 e. The van der Waals surface area contributed by atoms with E-state index < -0.39 is 0 Å². The number of pyridine rings is 1. The molecule has 108 valence electrons. The normalized spacial score (nSPS) is 11.8. The van der Waals surface area contributed by atoms with Crippen LogP contribution >= 0.6 is 0 Å². The van der Waals surface area contributed by atoms with E-state index in [0.29, 0.717) is 0 Å². The molecule has 0 aliphatic rings. The first-order valence-corrected chi connectivity index (χ1v) is 7.36. The Hall–Kier alpha value is -2.74. The van der Waals surface area contributed by atoms with Gasteiger partial charge < -0.3 is 0 Å². The minimum absolute atomic E-state index is 0.233. The number of rotatable bonds is 5. The number of nitrogens with zero attached hydrogens (tertiary/aromatic N) is 1. The fourth-order valence-corrected chi connectivity index (χ4v) is 2.72. The molecule has 0 bridgehead atoms. The zero-order valence-electron chi connectivity index (χ0n) is 12.2. The van der Waals surface area contributed by atoms with E-state index in [1.165, 1.54) is 11.1 Å². The van der Waals surface area contributed by atoms with Crippen LogP contribution in [0.15, 0.2) is 79.1 Å². The van der Waals surface area contributed by atoms with Crippen LogP contribution in [-0.4, -0.2) is 11.3 Å². The van der Waals surface area contributed by atoms with Crippen LogP contribution in [0, 0.1) is 0 Å². The van der Waals surface area contributed by atoms with Crippen molar-refractivity contribution in [1.29, 1.82) is 0 Å². The first-order valence-electron chi connectivity index (χ1n) is 7.36. The first kappa shape index (κ1) is 14.2. The van der Waals surface area contributed by atoms with E-state index >= 15 is 0 Å². The highest BCUT2D eigenvalue weighted by molar-refractivity contribution is 5.74. The van der Waals surface area contributed by atoms with Crippen molar-refractivity contribution in [2.75, 3.05) is 0 Å². The third-order valence-corrected chi connectivity index (χ3v) is 3.82. The van der Waals surface area contributed by atoms with Crippen molar-refractivity contribution in [3.05, 3.63) is 101 Å². The molecule has 0 radical (unpaired) electrons. The van der Waals surface area contributed by atoms with Gasteiger partial charge in [-0.3, -0.25) is 9.78 Å². The highest BCUT2D eigenvalue weighted by Crippen LogP contribution is 2.28. The van der Waals surface area contributed by atoms with Crippen LogP contribution < -0.4 is 0 Å². The van der Waals surface area contributed by atoms with Gasteiger partial charge in [-0.15, -0.1) is 0 Å². The molecular formula is C20H17NO. The molecule has 1 atom stereocenters. The lowest BCUT2D eigenvalue weighted by Gasteiger charge is -2.18. The average Bonchev–Trinajstić information content (AvgIpc) is 2.61. The predicted molar refractivity (Wildman–Crippen MR) is 88.1 cm³/mol. The lowest BCUT2D eigenvalue weighted by molar-refractivity contribution is 0.112. The number of aldehydes is 1. The number of carbonyl (C=O) groups excluding carboxylic acids is 1. The lowest BCUT2D eigenvalue weighted by Crippen LogP contribution is -2.05. The summed E-state index contributed by atoms with van der Waals surface area (Å²) in [4.78, 5) is 15.2. The van der Waals surface area contributed by atoms with Crippen molar-refractivity contribution in [2.24, 2.45) is 0 Å². The van der Waals surface area contributed by atoms with Crippen LogP contribution in [-0.2, 0) is 6.42 Å². The second-order valence-corrected chi connectivity index (χ2v) is 5.32. The Morgan fingerprint density at radius 2 is 1.73 bits per heavy atom. The Bertz CT molecular complexity index is 698. The molecule has 0 N–H and O–H groups in total. The predicted octanol–water partition coefficient (Wildman–Crippen LogP) is 4.27. The molecule has 0 saturated heterocycles. The maximum Gasteiger partial charge on any atom is 0.150 e. The molecular weight excluding hydrogens is 270 g/mol. The smallest absolute Gasteiger partial charge is 0.150 e. The summed E-state index contributed by atoms with van der Waals surface area (Å²) in [5.74, 6) is 0.233. The molecule has 1 aromatic heterocycles. The number of hydrogen-bond acceptors (Lipinski definition) is 2. The number of benzene rings is 2. The molecule has 0 aliphatic heterocycles. The summed E-state index contributed by atoms with van der Waals surface area (Å²) >= 11 is 0. The first-order chi connectivity index (χ1) is 10.9. The van der Waals surface area contributed by atoms with Crippen molar-refractivity contribution < 1.29 is 4.79 Å². The molecule has 3 rings (SSSR count). The van der Waals surface area contributed by atoms with Gasteiger partial charge in [0.25, 0.3) is 0 Å². The Balaban J connectivity index is 1.97. The fraction of sp³-hybridized carbons (Fsp3) is 0.100. The maximum absolute atomic E-state index is 11.0. The van der Waals surface area contributed by atoms with Gasteiger partial charge in [0.05, 0.1) is 0 Å². The van der Waals surface area contributed by atoms with Crippen LogP contribution in [0.3, 0.4) is 0 Å². The molecule has 0 amide bonds. The summed E-state index contributed by atoms with van der Waals surface area (Å²) in [6.45, 7) is 0. The Kier molecular flexibility index (Phi) is 4.40. The largest absolute Gasteiger partial charge is 0.298 e. The third-order valence-electron chi connectivity index (χ3n) is 3.82. The van der Waals surface area contributed by atoms with E-state index in [9.17, 15) is 4.79 Å². The SMILES string of the molecule is O=Cc1cccc(CC(c2ccccc2)c2cccnc2)c1. The van der Waals surface area contributed by atoms with E-state index in [1.54, 1.807) is 6.20 Å². The van der Waals surface area contributed by atoms with Gasteiger partial charge in [0.1, 0.15) is 6.29 Å². The second kappa shape index (κ2) is 6.81. The van der Waals surface area contributed by atoms with Crippen molar-refractivity contribution >= 4 is 6.29 Å². The van der Waals surface area contributed by atoms with Crippen LogP contribution in [0.1, 0.15) is 33.0 Å². The van der Waals surface area contributed by atoms with Gasteiger partial charge in [-0.25, -0.2) is 0 Å². The van der Waals surface area contributed by atoms with Gasteiger partial charge >= 0.3 is 0 Å². The van der Waals surface area contributed by atoms with Crippen molar-refractivity contribution in [1.82, 2.24) is 4.98 Å². The molecule has 0 saturated carbocycles. The van der Waals surface area contributed by atoms with E-state index in [1.807, 2.05) is 36.5 Å². The third kappa shape index (κ3) is 3.29. The summed E-state index contributed by atoms with van der Waals surface area (Å²) in [5.41, 5.74) is 4.31. The monoisotopic (exact) mass is 287 g/mol. The Morgan fingerprint density at radius 3 is 2.45 bits per heavy atom. The van der Waals surface area contributed by atoms with E-state index in [4.69, 9.17) is 0 Å². The fourth-order valence-electron chi connectivity index (χ4n) is 2.72. The lowest BCUT2D eigenvalue weighted by atomic mass is 9.86. The minimum atomic E-state index is 0.233. The summed E-state index contributed by atoms with van der Waals surface area (Å²) in [6.07, 6.45) is 5.45. The Labute approximate surface area is 130 Å². The summed E-state index contributed by atoms with van der Waals surface area (Å²) in [5, 5.41) is 0. The topological polar surface area (TPSA) is 30.0 Å². The molecule has 2 aromatic carbocycles. The van der Waals surface area contributed by atoms with Gasteiger partial charge in [-0.1, -0.05) is 54.6 Å². The molecule has 0 fully saturated rings.